The fourth-order valence-corrected chi connectivity index (χ4v) is 4.59. The lowest BCUT2D eigenvalue weighted by Gasteiger charge is -2.28. The molecule has 0 amide bonds. The molecular weight excluding hydrogens is 253 g/mol. The summed E-state index contributed by atoms with van der Waals surface area (Å²) in [5, 5.41) is -0.576. The van der Waals surface area contributed by atoms with Gasteiger partial charge < -0.3 is 5.73 Å². The van der Waals surface area contributed by atoms with Crippen molar-refractivity contribution in [2.45, 2.75) is 37.5 Å². The number of benzene rings is 1. The van der Waals surface area contributed by atoms with Gasteiger partial charge in [0.15, 0.2) is 9.84 Å². The molecule has 0 saturated carbocycles. The molecule has 2 atom stereocenters. The van der Waals surface area contributed by atoms with Crippen molar-refractivity contribution in [3.05, 3.63) is 35.1 Å². The van der Waals surface area contributed by atoms with Gasteiger partial charge in [0.2, 0.25) is 0 Å². The number of hydrogen-bond donors (Lipinski definition) is 1. The predicted molar refractivity (Wildman–Crippen MR) is 69.5 cm³/mol. The van der Waals surface area contributed by atoms with E-state index in [2.05, 4.69) is 0 Å². The Labute approximate surface area is 107 Å². The fourth-order valence-electron chi connectivity index (χ4n) is 2.55. The zero-order valence-electron chi connectivity index (χ0n) is 10.4. The summed E-state index contributed by atoms with van der Waals surface area (Å²) in [6.45, 7) is 1.77. The van der Waals surface area contributed by atoms with Crippen LogP contribution in [0.1, 0.15) is 36.4 Å². The minimum Gasteiger partial charge on any atom is -0.323 e. The molecule has 18 heavy (non-hydrogen) atoms. The molecule has 5 heteroatoms. The fraction of sp³-hybridized carbons (Fsp3) is 0.538. The van der Waals surface area contributed by atoms with Crippen LogP contribution in [0.4, 0.5) is 4.39 Å². The summed E-state index contributed by atoms with van der Waals surface area (Å²) < 4.78 is 37.3. The minimum absolute atomic E-state index is 0.194. The van der Waals surface area contributed by atoms with Crippen molar-refractivity contribution in [2.75, 3.05) is 5.75 Å². The largest absolute Gasteiger partial charge is 0.323 e. The zero-order chi connectivity index (χ0) is 13.3. The summed E-state index contributed by atoms with van der Waals surface area (Å²) in [6.07, 6.45) is 2.14. The Morgan fingerprint density at radius 1 is 1.33 bits per heavy atom. The molecule has 1 aromatic carbocycles. The van der Waals surface area contributed by atoms with Gasteiger partial charge in [-0.3, -0.25) is 0 Å². The summed E-state index contributed by atoms with van der Waals surface area (Å²) in [5.74, 6) is -0.173. The van der Waals surface area contributed by atoms with E-state index in [-0.39, 0.29) is 11.6 Å². The highest BCUT2D eigenvalue weighted by Crippen LogP contribution is 2.29. The Balaban J connectivity index is 2.32. The summed E-state index contributed by atoms with van der Waals surface area (Å²) in [7, 11) is -3.14. The topological polar surface area (TPSA) is 60.2 Å². The van der Waals surface area contributed by atoms with Crippen molar-refractivity contribution < 1.29 is 12.8 Å². The Morgan fingerprint density at radius 2 is 2.06 bits per heavy atom. The number of halogens is 1. The van der Waals surface area contributed by atoms with Gasteiger partial charge in [0, 0.05) is 6.04 Å². The molecule has 1 saturated heterocycles. The number of aryl methyl sites for hydroxylation is 1. The van der Waals surface area contributed by atoms with Gasteiger partial charge in [-0.05, 0) is 43.0 Å². The number of rotatable bonds is 2. The normalized spacial score (nSPS) is 24.7. The van der Waals surface area contributed by atoms with Gasteiger partial charge in [0.25, 0.3) is 0 Å². The first kappa shape index (κ1) is 13.5. The van der Waals surface area contributed by atoms with Crippen LogP contribution in [0.3, 0.4) is 0 Å². The quantitative estimate of drug-likeness (QED) is 0.896. The maximum Gasteiger partial charge on any atom is 0.155 e. The lowest BCUT2D eigenvalue weighted by atomic mass is 9.99. The third-order valence-electron chi connectivity index (χ3n) is 3.48. The van der Waals surface area contributed by atoms with Gasteiger partial charge in [-0.1, -0.05) is 12.5 Å². The van der Waals surface area contributed by atoms with Crippen LogP contribution in [0.25, 0.3) is 0 Å². The smallest absolute Gasteiger partial charge is 0.155 e. The molecule has 2 unspecified atom stereocenters. The van der Waals surface area contributed by atoms with E-state index < -0.39 is 21.1 Å². The van der Waals surface area contributed by atoms with Crippen LogP contribution in [0.5, 0.6) is 0 Å². The Bertz CT molecular complexity index is 522. The maximum atomic E-state index is 13.3. The molecule has 1 aromatic rings. The van der Waals surface area contributed by atoms with Crippen LogP contribution in [0.15, 0.2) is 18.2 Å². The van der Waals surface area contributed by atoms with Crippen molar-refractivity contribution in [2.24, 2.45) is 5.73 Å². The summed E-state index contributed by atoms with van der Waals surface area (Å²) in [4.78, 5) is 0. The van der Waals surface area contributed by atoms with E-state index in [0.29, 0.717) is 18.4 Å². The standard InChI is InChI=1S/C13H18FNO2S/c1-9-6-10(8-11(14)7-9)13(15)12-4-2-3-5-18(12,16)17/h6-8,12-13H,2-5,15H2,1H3. The molecule has 0 aliphatic carbocycles. The van der Waals surface area contributed by atoms with E-state index in [1.807, 2.05) is 0 Å². The second-order valence-corrected chi connectivity index (χ2v) is 7.33. The Morgan fingerprint density at radius 3 is 2.67 bits per heavy atom. The molecule has 0 spiro atoms. The van der Waals surface area contributed by atoms with Crippen LogP contribution < -0.4 is 5.73 Å². The second-order valence-electron chi connectivity index (χ2n) is 4.99. The average molecular weight is 271 g/mol. The number of nitrogens with two attached hydrogens (primary N) is 1. The highest BCUT2D eigenvalue weighted by Gasteiger charge is 2.34. The van der Waals surface area contributed by atoms with Crippen LogP contribution >= 0.6 is 0 Å². The minimum atomic E-state index is -3.14. The highest BCUT2D eigenvalue weighted by molar-refractivity contribution is 7.92. The Kier molecular flexibility index (Phi) is 3.73. The third-order valence-corrected chi connectivity index (χ3v) is 5.79. The Hall–Kier alpha value is -0.940. The molecule has 2 N–H and O–H groups in total. The van der Waals surface area contributed by atoms with E-state index >= 15 is 0 Å². The maximum absolute atomic E-state index is 13.3. The van der Waals surface area contributed by atoms with Crippen molar-refractivity contribution >= 4 is 9.84 Å². The van der Waals surface area contributed by atoms with Crippen molar-refractivity contribution in [3.8, 4) is 0 Å². The molecule has 1 heterocycles. The van der Waals surface area contributed by atoms with Crippen LogP contribution in [-0.4, -0.2) is 19.4 Å². The summed E-state index contributed by atoms with van der Waals surface area (Å²) in [6, 6.07) is 3.87. The predicted octanol–water partition coefficient (Wildman–Crippen LogP) is 2.10. The molecule has 1 aliphatic rings. The first-order valence-electron chi connectivity index (χ1n) is 6.14. The van der Waals surface area contributed by atoms with Crippen molar-refractivity contribution in [1.29, 1.82) is 0 Å². The van der Waals surface area contributed by atoms with E-state index in [4.69, 9.17) is 5.73 Å². The SMILES string of the molecule is Cc1cc(F)cc(C(N)C2CCCCS2(=O)=O)c1. The van der Waals surface area contributed by atoms with Crippen molar-refractivity contribution in [1.82, 2.24) is 0 Å². The van der Waals surface area contributed by atoms with Gasteiger partial charge in [0.05, 0.1) is 11.0 Å². The first-order valence-corrected chi connectivity index (χ1v) is 7.86. The molecular formula is C13H18FNO2S. The lowest BCUT2D eigenvalue weighted by Crippen LogP contribution is -2.37. The monoisotopic (exact) mass is 271 g/mol. The molecule has 0 bridgehead atoms. The molecule has 100 valence electrons. The van der Waals surface area contributed by atoms with E-state index in [1.54, 1.807) is 13.0 Å². The van der Waals surface area contributed by atoms with Crippen molar-refractivity contribution in [3.63, 3.8) is 0 Å². The van der Waals surface area contributed by atoms with Gasteiger partial charge >= 0.3 is 0 Å². The molecule has 0 aromatic heterocycles. The van der Waals surface area contributed by atoms with E-state index in [0.717, 1.165) is 12.0 Å². The second kappa shape index (κ2) is 4.97. The van der Waals surface area contributed by atoms with E-state index in [9.17, 15) is 12.8 Å². The van der Waals surface area contributed by atoms with Crippen LogP contribution in [-0.2, 0) is 9.84 Å². The van der Waals surface area contributed by atoms with Gasteiger partial charge in [0.1, 0.15) is 5.82 Å². The van der Waals surface area contributed by atoms with E-state index in [1.165, 1.54) is 12.1 Å². The van der Waals surface area contributed by atoms with Crippen LogP contribution in [0, 0.1) is 12.7 Å². The lowest BCUT2D eigenvalue weighted by molar-refractivity contribution is 0.503. The molecule has 2 rings (SSSR count). The third kappa shape index (κ3) is 2.72. The average Bonchev–Trinajstić information content (AvgIpc) is 2.26. The summed E-state index contributed by atoms with van der Waals surface area (Å²) in [5.41, 5.74) is 7.37. The zero-order valence-corrected chi connectivity index (χ0v) is 11.2. The molecule has 1 fully saturated rings. The van der Waals surface area contributed by atoms with Gasteiger partial charge in [-0.25, -0.2) is 12.8 Å². The summed E-state index contributed by atoms with van der Waals surface area (Å²) >= 11 is 0. The van der Waals surface area contributed by atoms with Crippen LogP contribution in [0.2, 0.25) is 0 Å². The highest BCUT2D eigenvalue weighted by atomic mass is 32.2. The molecule has 0 radical (unpaired) electrons. The first-order chi connectivity index (χ1) is 8.40. The number of sulfone groups is 1. The van der Waals surface area contributed by atoms with Gasteiger partial charge in [-0.15, -0.1) is 0 Å². The van der Waals surface area contributed by atoms with Gasteiger partial charge in [-0.2, -0.15) is 0 Å². The molecule has 3 nitrogen and oxygen atoms in total. The molecule has 1 aliphatic heterocycles. The number of hydrogen-bond acceptors (Lipinski definition) is 3.